The predicted molar refractivity (Wildman–Crippen MR) is 131 cm³/mol. The second-order valence-corrected chi connectivity index (χ2v) is 7.96. The molecular weight excluding hydrogens is 400 g/mol. The Morgan fingerprint density at radius 1 is 1.09 bits per heavy atom. The summed E-state index contributed by atoms with van der Waals surface area (Å²) in [6.45, 7) is 0.833. The van der Waals surface area contributed by atoms with Gasteiger partial charge < -0.3 is 26.1 Å². The van der Waals surface area contributed by atoms with Crippen LogP contribution in [-0.2, 0) is 0 Å². The highest BCUT2D eigenvalue weighted by Crippen LogP contribution is 2.25. The van der Waals surface area contributed by atoms with Gasteiger partial charge in [-0.15, -0.1) is 0 Å². The lowest BCUT2D eigenvalue weighted by Gasteiger charge is -2.22. The number of hydrogen-bond donors (Lipinski definition) is 3. The minimum absolute atomic E-state index is 0.138. The summed E-state index contributed by atoms with van der Waals surface area (Å²) in [7, 11) is 5.67. The number of nitrogen functional groups attached to an aromatic ring is 1. The third-order valence-corrected chi connectivity index (χ3v) is 5.37. The molecule has 32 heavy (non-hydrogen) atoms. The number of carbonyl (C=O) groups excluding carboxylic acids is 1. The first kappa shape index (κ1) is 23.0. The number of rotatable bonds is 9. The van der Waals surface area contributed by atoms with Crippen LogP contribution in [-0.4, -0.2) is 44.8 Å². The number of anilines is 1. The smallest absolute Gasteiger partial charge is 0.251 e. The molecule has 4 N–H and O–H groups in total. The number of benzene rings is 3. The number of nitrogens with two attached hydrogens (primary N) is 1. The van der Waals surface area contributed by atoms with E-state index in [4.69, 9.17) is 15.9 Å². The van der Waals surface area contributed by atoms with Crippen LogP contribution in [0.5, 0.6) is 5.75 Å². The fraction of sp³-hybridized carbons (Fsp3) is 0.231. The van der Waals surface area contributed by atoms with Gasteiger partial charge in [-0.1, -0.05) is 30.3 Å². The summed E-state index contributed by atoms with van der Waals surface area (Å²) >= 11 is 0. The van der Waals surface area contributed by atoms with E-state index in [1.54, 1.807) is 13.2 Å². The van der Waals surface area contributed by atoms with Gasteiger partial charge in [0.15, 0.2) is 0 Å². The second-order valence-electron chi connectivity index (χ2n) is 7.96. The summed E-state index contributed by atoms with van der Waals surface area (Å²) in [4.78, 5) is 15.3. The van der Waals surface area contributed by atoms with Crippen LogP contribution in [0.4, 0.5) is 5.69 Å². The molecule has 0 saturated heterocycles. The molecule has 6 nitrogen and oxygen atoms in total. The number of nitrogens with zero attached hydrogens (tertiary/aromatic N) is 1. The van der Waals surface area contributed by atoms with E-state index in [9.17, 15) is 4.79 Å². The molecule has 0 saturated carbocycles. The van der Waals surface area contributed by atoms with E-state index in [0.717, 1.165) is 35.4 Å². The van der Waals surface area contributed by atoms with Crippen molar-refractivity contribution < 1.29 is 9.53 Å². The van der Waals surface area contributed by atoms with E-state index in [1.165, 1.54) is 6.21 Å². The summed E-state index contributed by atoms with van der Waals surface area (Å²) < 4.78 is 5.36. The Hall–Kier alpha value is -3.64. The minimum Gasteiger partial charge on any atom is -0.497 e. The van der Waals surface area contributed by atoms with Crippen LogP contribution in [0.25, 0.3) is 11.1 Å². The van der Waals surface area contributed by atoms with Gasteiger partial charge in [0.2, 0.25) is 0 Å². The van der Waals surface area contributed by atoms with Crippen LogP contribution in [0.15, 0.2) is 66.7 Å². The molecule has 3 rings (SSSR count). The summed E-state index contributed by atoms with van der Waals surface area (Å²) in [6, 6.07) is 20.7. The van der Waals surface area contributed by atoms with Crippen molar-refractivity contribution in [3.05, 3.63) is 83.4 Å². The standard InChI is InChI=1S/C26H30N4O2/c1-30(2)13-12-25(20-7-5-9-23(16-20)32-3)29-26(31)21-8-4-6-18(14-21)19-10-11-24(28)22(15-19)17-27/h4-11,14-17,25,27H,12-13,28H2,1-3H3,(H,29,31). The summed E-state index contributed by atoms with van der Waals surface area (Å²) in [5, 5.41) is 10.7. The molecule has 0 radical (unpaired) electrons. The van der Waals surface area contributed by atoms with Crippen LogP contribution in [0, 0.1) is 5.41 Å². The maximum Gasteiger partial charge on any atom is 0.251 e. The lowest BCUT2D eigenvalue weighted by molar-refractivity contribution is 0.0932. The van der Waals surface area contributed by atoms with Gasteiger partial charge in [0, 0.05) is 23.0 Å². The molecule has 0 spiro atoms. The quantitative estimate of drug-likeness (QED) is 0.347. The third-order valence-electron chi connectivity index (χ3n) is 5.37. The molecule has 1 amide bonds. The van der Waals surface area contributed by atoms with Crippen molar-refractivity contribution in [2.24, 2.45) is 0 Å². The van der Waals surface area contributed by atoms with Crippen LogP contribution >= 0.6 is 0 Å². The number of nitrogens with one attached hydrogen (secondary N) is 2. The highest BCUT2D eigenvalue weighted by molar-refractivity contribution is 5.96. The number of hydrogen-bond acceptors (Lipinski definition) is 5. The van der Waals surface area contributed by atoms with E-state index < -0.39 is 0 Å². The van der Waals surface area contributed by atoms with E-state index >= 15 is 0 Å². The highest BCUT2D eigenvalue weighted by Gasteiger charge is 2.17. The molecule has 0 fully saturated rings. The Balaban J connectivity index is 1.86. The zero-order valence-electron chi connectivity index (χ0n) is 18.8. The number of amides is 1. The van der Waals surface area contributed by atoms with Crippen LogP contribution in [0.1, 0.15) is 33.9 Å². The van der Waals surface area contributed by atoms with Crippen molar-refractivity contribution in [2.45, 2.75) is 12.5 Å². The number of carbonyl (C=O) groups is 1. The SMILES string of the molecule is COc1cccc(C(CCN(C)C)NC(=O)c2cccc(-c3ccc(N)c(C=N)c3)c2)c1. The second kappa shape index (κ2) is 10.6. The van der Waals surface area contributed by atoms with Gasteiger partial charge in [0.1, 0.15) is 5.75 Å². The minimum atomic E-state index is -0.148. The van der Waals surface area contributed by atoms with Crippen molar-refractivity contribution in [3.8, 4) is 16.9 Å². The fourth-order valence-corrected chi connectivity index (χ4v) is 3.53. The molecule has 0 aliphatic heterocycles. The number of ether oxygens (including phenoxy) is 1. The van der Waals surface area contributed by atoms with Gasteiger partial charge in [-0.05, 0) is 80.1 Å². The average Bonchev–Trinajstić information content (AvgIpc) is 2.81. The number of methoxy groups -OCH3 is 1. The first-order valence-electron chi connectivity index (χ1n) is 10.5. The maximum atomic E-state index is 13.2. The van der Waals surface area contributed by atoms with Crippen molar-refractivity contribution >= 4 is 17.8 Å². The van der Waals surface area contributed by atoms with Crippen molar-refractivity contribution in [2.75, 3.05) is 33.5 Å². The zero-order valence-corrected chi connectivity index (χ0v) is 18.8. The van der Waals surface area contributed by atoms with Crippen LogP contribution in [0.2, 0.25) is 0 Å². The Morgan fingerprint density at radius 2 is 1.84 bits per heavy atom. The predicted octanol–water partition coefficient (Wildman–Crippen LogP) is 4.36. The largest absolute Gasteiger partial charge is 0.497 e. The summed E-state index contributed by atoms with van der Waals surface area (Å²) in [6.07, 6.45) is 2.01. The van der Waals surface area contributed by atoms with Crippen molar-refractivity contribution in [3.63, 3.8) is 0 Å². The molecular formula is C26H30N4O2. The first-order chi connectivity index (χ1) is 15.4. The van der Waals surface area contributed by atoms with Gasteiger partial charge in [0.05, 0.1) is 13.2 Å². The molecule has 166 valence electrons. The molecule has 0 aromatic heterocycles. The summed E-state index contributed by atoms with van der Waals surface area (Å²) in [5.41, 5.74) is 10.5. The Bertz CT molecular complexity index is 1090. The average molecular weight is 431 g/mol. The van der Waals surface area contributed by atoms with Crippen LogP contribution in [0.3, 0.4) is 0 Å². The third kappa shape index (κ3) is 5.74. The Labute approximate surface area is 189 Å². The van der Waals surface area contributed by atoms with Gasteiger partial charge in [-0.3, -0.25) is 4.79 Å². The van der Waals surface area contributed by atoms with Crippen molar-refractivity contribution in [1.29, 1.82) is 5.41 Å². The molecule has 0 bridgehead atoms. The lowest BCUT2D eigenvalue weighted by Crippen LogP contribution is -2.31. The molecule has 3 aromatic carbocycles. The highest BCUT2D eigenvalue weighted by atomic mass is 16.5. The van der Waals surface area contributed by atoms with Gasteiger partial charge in [-0.2, -0.15) is 0 Å². The lowest BCUT2D eigenvalue weighted by atomic mass is 9.99. The fourth-order valence-electron chi connectivity index (χ4n) is 3.53. The topological polar surface area (TPSA) is 91.4 Å². The monoisotopic (exact) mass is 430 g/mol. The molecule has 0 aliphatic rings. The first-order valence-corrected chi connectivity index (χ1v) is 10.5. The molecule has 3 aromatic rings. The Kier molecular flexibility index (Phi) is 7.63. The van der Waals surface area contributed by atoms with Gasteiger partial charge in [-0.25, -0.2) is 0 Å². The van der Waals surface area contributed by atoms with Crippen LogP contribution < -0.4 is 15.8 Å². The van der Waals surface area contributed by atoms with E-state index in [0.29, 0.717) is 16.8 Å². The zero-order chi connectivity index (χ0) is 23.1. The Morgan fingerprint density at radius 3 is 2.56 bits per heavy atom. The maximum absolute atomic E-state index is 13.2. The van der Waals surface area contributed by atoms with Crippen molar-refractivity contribution in [1.82, 2.24) is 10.2 Å². The molecule has 1 atom stereocenters. The molecule has 0 aliphatic carbocycles. The van der Waals surface area contributed by atoms with Gasteiger partial charge >= 0.3 is 0 Å². The molecule has 1 unspecified atom stereocenters. The molecule has 6 heteroatoms. The molecule has 0 heterocycles. The summed E-state index contributed by atoms with van der Waals surface area (Å²) in [5.74, 6) is 0.625. The van der Waals surface area contributed by atoms with E-state index in [2.05, 4.69) is 10.2 Å². The van der Waals surface area contributed by atoms with Gasteiger partial charge in [0.25, 0.3) is 5.91 Å². The normalized spacial score (nSPS) is 11.8. The van der Waals surface area contributed by atoms with E-state index in [-0.39, 0.29) is 11.9 Å². The van der Waals surface area contributed by atoms with E-state index in [1.807, 2.05) is 74.8 Å².